The van der Waals surface area contributed by atoms with Crippen molar-refractivity contribution in [3.63, 3.8) is 0 Å². The number of methoxy groups -OCH3 is 2. The number of halogens is 3. The van der Waals surface area contributed by atoms with Crippen LogP contribution in [0.2, 0.25) is 0 Å². The lowest BCUT2D eigenvalue weighted by Gasteiger charge is -2.27. The lowest BCUT2D eigenvalue weighted by molar-refractivity contribution is -0.137. The molecule has 4 rings (SSSR count). The quantitative estimate of drug-likeness (QED) is 0.615. The van der Waals surface area contributed by atoms with Gasteiger partial charge in [-0.25, -0.2) is 20.0 Å². The normalized spacial score (nSPS) is 18.7. The van der Waals surface area contributed by atoms with Crippen LogP contribution in [-0.2, 0) is 22.1 Å². The fourth-order valence-corrected chi connectivity index (χ4v) is 4.02. The van der Waals surface area contributed by atoms with Crippen molar-refractivity contribution in [1.82, 2.24) is 14.4 Å². The van der Waals surface area contributed by atoms with Gasteiger partial charge in [0.1, 0.15) is 23.5 Å². The molecule has 3 aromatic rings. The highest BCUT2D eigenvalue weighted by Crippen LogP contribution is 2.38. The fourth-order valence-electron chi connectivity index (χ4n) is 4.02. The third-order valence-corrected chi connectivity index (χ3v) is 5.65. The molecule has 0 aliphatic carbocycles. The van der Waals surface area contributed by atoms with E-state index in [1.807, 2.05) is 13.8 Å². The van der Waals surface area contributed by atoms with Gasteiger partial charge in [-0.2, -0.15) is 13.2 Å². The van der Waals surface area contributed by atoms with E-state index in [9.17, 15) is 13.2 Å². The number of nitrogens with two attached hydrogens (primary N) is 1. The van der Waals surface area contributed by atoms with Gasteiger partial charge in [-0.1, -0.05) is 13.8 Å². The number of nitrogen functional groups attached to an aromatic ring is 1. The molecule has 1 aliphatic rings. The van der Waals surface area contributed by atoms with Gasteiger partial charge in [0.05, 0.1) is 25.5 Å². The summed E-state index contributed by atoms with van der Waals surface area (Å²) in [6, 6.07) is 4.65. The summed E-state index contributed by atoms with van der Waals surface area (Å²) in [5.41, 5.74) is 5.86. The van der Waals surface area contributed by atoms with Gasteiger partial charge >= 0.3 is 6.18 Å². The molecular weight excluding hydrogens is 449 g/mol. The average molecular weight is 474 g/mol. The van der Waals surface area contributed by atoms with Crippen molar-refractivity contribution in [2.75, 3.05) is 20.0 Å². The average Bonchev–Trinajstić information content (AvgIpc) is 3.28. The third kappa shape index (κ3) is 4.29. The van der Waals surface area contributed by atoms with Crippen LogP contribution in [0.1, 0.15) is 25.1 Å². The zero-order valence-corrected chi connectivity index (χ0v) is 19.2. The molecule has 2 unspecified atom stereocenters. The van der Waals surface area contributed by atoms with E-state index in [4.69, 9.17) is 20.2 Å². The SMILES string of the molecule is COC1=NC(C(C)C)C(OC)=NC1Cc1ccc(-c2nc(N)ccc2C(F)(F)F)c2nccn12. The molecule has 0 amide bonds. The third-order valence-electron chi connectivity index (χ3n) is 5.65. The molecule has 2 N–H and O–H groups in total. The fraction of sp³-hybridized carbons (Fsp3) is 0.391. The number of aliphatic imine (C=N–C) groups is 2. The van der Waals surface area contributed by atoms with Crippen molar-refractivity contribution in [2.45, 2.75) is 38.5 Å². The monoisotopic (exact) mass is 474 g/mol. The topological polar surface area (TPSA) is 99.4 Å². The number of hydrogen-bond donors (Lipinski definition) is 1. The molecule has 0 radical (unpaired) electrons. The van der Waals surface area contributed by atoms with Crippen LogP contribution in [-0.4, -0.2) is 52.5 Å². The van der Waals surface area contributed by atoms with Gasteiger partial charge in [-0.15, -0.1) is 0 Å². The summed E-state index contributed by atoms with van der Waals surface area (Å²) < 4.78 is 53.7. The Morgan fingerprint density at radius 3 is 2.44 bits per heavy atom. The van der Waals surface area contributed by atoms with Gasteiger partial charge in [0.15, 0.2) is 0 Å². The molecule has 8 nitrogen and oxygen atoms in total. The highest BCUT2D eigenvalue weighted by atomic mass is 19.4. The molecule has 11 heteroatoms. The lowest BCUT2D eigenvalue weighted by Crippen LogP contribution is -2.38. The van der Waals surface area contributed by atoms with Crippen LogP contribution >= 0.6 is 0 Å². The highest BCUT2D eigenvalue weighted by molar-refractivity contribution is 5.94. The van der Waals surface area contributed by atoms with Crippen molar-refractivity contribution in [3.8, 4) is 11.3 Å². The first-order valence-electron chi connectivity index (χ1n) is 10.7. The number of fused-ring (bicyclic) bond motifs is 1. The van der Waals surface area contributed by atoms with E-state index >= 15 is 0 Å². The van der Waals surface area contributed by atoms with Crippen LogP contribution in [0.4, 0.5) is 19.0 Å². The number of nitrogens with zero attached hydrogens (tertiary/aromatic N) is 5. The molecule has 3 aromatic heterocycles. The maximum absolute atomic E-state index is 13.7. The summed E-state index contributed by atoms with van der Waals surface area (Å²) in [7, 11) is 3.09. The molecule has 180 valence electrons. The van der Waals surface area contributed by atoms with Crippen LogP contribution in [0.25, 0.3) is 16.9 Å². The first-order valence-corrected chi connectivity index (χ1v) is 10.7. The Kier molecular flexibility index (Phi) is 6.20. The number of anilines is 1. The number of aromatic nitrogens is 3. The van der Waals surface area contributed by atoms with Gasteiger partial charge in [0.25, 0.3) is 0 Å². The number of rotatable bonds is 4. The number of hydrogen-bond acceptors (Lipinski definition) is 7. The van der Waals surface area contributed by atoms with Gasteiger partial charge in [-0.05, 0) is 30.2 Å². The van der Waals surface area contributed by atoms with Crippen molar-refractivity contribution >= 4 is 23.3 Å². The van der Waals surface area contributed by atoms with E-state index in [1.165, 1.54) is 13.3 Å². The van der Waals surface area contributed by atoms with Gasteiger partial charge in [0.2, 0.25) is 11.8 Å². The maximum Gasteiger partial charge on any atom is 0.418 e. The standard InChI is InChI=1S/C23H25F3N6O2/c1-12(2)18-22(34-4)29-16(21(31-18)33-3)11-13-5-6-14(20-28-9-10-32(13)20)19-15(23(24,25)26)7-8-17(27)30-19/h5-10,12,16,18H,11H2,1-4H3,(H2,27,30). The molecule has 0 bridgehead atoms. The zero-order chi connectivity index (χ0) is 24.6. The van der Waals surface area contributed by atoms with E-state index in [-0.39, 0.29) is 29.0 Å². The Morgan fingerprint density at radius 2 is 1.79 bits per heavy atom. The van der Waals surface area contributed by atoms with Crippen LogP contribution in [0.15, 0.2) is 46.6 Å². The highest BCUT2D eigenvalue weighted by Gasteiger charge is 2.36. The Morgan fingerprint density at radius 1 is 1.06 bits per heavy atom. The molecule has 0 saturated carbocycles. The maximum atomic E-state index is 13.7. The summed E-state index contributed by atoms with van der Waals surface area (Å²) in [6.07, 6.45) is -1.03. The summed E-state index contributed by atoms with van der Waals surface area (Å²) in [4.78, 5) is 17.7. The van der Waals surface area contributed by atoms with E-state index in [2.05, 4.69) is 15.0 Å². The molecule has 4 heterocycles. The summed E-state index contributed by atoms with van der Waals surface area (Å²) in [6.45, 7) is 4.04. The molecule has 1 aliphatic heterocycles. The van der Waals surface area contributed by atoms with Gasteiger partial charge in [-0.3, -0.25) is 0 Å². The van der Waals surface area contributed by atoms with Crippen molar-refractivity contribution in [1.29, 1.82) is 0 Å². The largest absolute Gasteiger partial charge is 0.483 e. The van der Waals surface area contributed by atoms with Crippen molar-refractivity contribution in [3.05, 3.63) is 47.9 Å². The van der Waals surface area contributed by atoms with Crippen molar-refractivity contribution in [2.24, 2.45) is 15.9 Å². The van der Waals surface area contributed by atoms with Crippen LogP contribution < -0.4 is 5.73 Å². The number of ether oxygens (including phenoxy) is 2. The molecular formula is C23H25F3N6O2. The van der Waals surface area contributed by atoms with Crippen LogP contribution in [0, 0.1) is 5.92 Å². The number of alkyl halides is 3. The summed E-state index contributed by atoms with van der Waals surface area (Å²) >= 11 is 0. The predicted octanol–water partition coefficient (Wildman–Crippen LogP) is 4.04. The van der Waals surface area contributed by atoms with Gasteiger partial charge in [0, 0.05) is 30.1 Å². The second kappa shape index (κ2) is 8.96. The molecule has 0 fully saturated rings. The Labute approximate surface area is 194 Å². The molecule has 34 heavy (non-hydrogen) atoms. The molecule has 0 saturated heterocycles. The van der Waals surface area contributed by atoms with Gasteiger partial charge < -0.3 is 19.6 Å². The smallest absolute Gasteiger partial charge is 0.418 e. The summed E-state index contributed by atoms with van der Waals surface area (Å²) in [5, 5.41) is 0. The van der Waals surface area contributed by atoms with E-state index in [0.29, 0.717) is 23.9 Å². The van der Waals surface area contributed by atoms with E-state index in [1.54, 1.807) is 29.8 Å². The minimum absolute atomic E-state index is 0.0129. The minimum atomic E-state index is -4.59. The number of imidazole rings is 1. The minimum Gasteiger partial charge on any atom is -0.483 e. The van der Waals surface area contributed by atoms with Crippen molar-refractivity contribution < 1.29 is 22.6 Å². The van der Waals surface area contributed by atoms with E-state index in [0.717, 1.165) is 17.8 Å². The zero-order valence-electron chi connectivity index (χ0n) is 19.2. The first kappa shape index (κ1) is 23.5. The van der Waals surface area contributed by atoms with E-state index < -0.39 is 17.8 Å². The lowest BCUT2D eigenvalue weighted by atomic mass is 10.0. The van der Waals surface area contributed by atoms with Crippen LogP contribution in [0.5, 0.6) is 0 Å². The molecule has 0 aromatic carbocycles. The van der Waals surface area contributed by atoms with Crippen LogP contribution in [0.3, 0.4) is 0 Å². The molecule has 2 atom stereocenters. The number of pyridine rings is 2. The Balaban J connectivity index is 1.77. The Hall–Kier alpha value is -3.63. The molecule has 0 spiro atoms. The predicted molar refractivity (Wildman–Crippen MR) is 123 cm³/mol. The Bertz CT molecular complexity index is 1270. The first-order chi connectivity index (χ1) is 16.1. The second-order valence-electron chi connectivity index (χ2n) is 8.24. The summed E-state index contributed by atoms with van der Waals surface area (Å²) in [5.74, 6) is 1.13. The second-order valence-corrected chi connectivity index (χ2v) is 8.24.